The van der Waals surface area contributed by atoms with Gasteiger partial charge < -0.3 is 10.5 Å². The molecule has 0 aromatic carbocycles. The van der Waals surface area contributed by atoms with Crippen LogP contribution in [0.1, 0.15) is 23.2 Å². The van der Waals surface area contributed by atoms with Gasteiger partial charge in [-0.1, -0.05) is 0 Å². The maximum absolute atomic E-state index is 5.84. The maximum Gasteiger partial charge on any atom is 0.128 e. The lowest BCUT2D eigenvalue weighted by atomic mass is 10.2. The van der Waals surface area contributed by atoms with Crippen LogP contribution >= 0.6 is 0 Å². The van der Waals surface area contributed by atoms with Crippen LogP contribution in [0.15, 0.2) is 18.5 Å². The van der Waals surface area contributed by atoms with Crippen molar-refractivity contribution in [1.29, 1.82) is 0 Å². The monoisotopic (exact) mass is 288 g/mol. The fourth-order valence-electron chi connectivity index (χ4n) is 2.62. The van der Waals surface area contributed by atoms with Gasteiger partial charge in [-0.15, -0.1) is 0 Å². The van der Waals surface area contributed by atoms with Crippen LogP contribution in [0.25, 0.3) is 0 Å². The molecule has 7 nitrogen and oxygen atoms in total. The van der Waals surface area contributed by atoms with Crippen molar-refractivity contribution < 1.29 is 4.74 Å². The summed E-state index contributed by atoms with van der Waals surface area (Å²) in [5, 5.41) is 4.20. The van der Waals surface area contributed by atoms with Crippen LogP contribution in [0.4, 0.5) is 5.82 Å². The van der Waals surface area contributed by atoms with Gasteiger partial charge in [-0.3, -0.25) is 9.58 Å². The molecule has 112 valence electrons. The van der Waals surface area contributed by atoms with Crippen molar-refractivity contribution >= 4 is 5.82 Å². The Kier molecular flexibility index (Phi) is 3.85. The number of ether oxygens (including phenoxy) is 1. The standard InChI is InChI=1S/C14H20N6O/c1-10-17-12(5-14(15)18-10)13-9-20(3-4-21-13)8-11-6-16-19(2)7-11/h5-7,13H,3-4,8-9H2,1-2H3,(H2,15,17,18)/t13-/m0/s1. The summed E-state index contributed by atoms with van der Waals surface area (Å²) in [6.45, 7) is 5.10. The molecule has 0 amide bonds. The Morgan fingerprint density at radius 3 is 3.00 bits per heavy atom. The van der Waals surface area contributed by atoms with E-state index in [0.29, 0.717) is 18.2 Å². The molecule has 0 radical (unpaired) electrons. The Bertz CT molecular complexity index is 605. The summed E-state index contributed by atoms with van der Waals surface area (Å²) in [4.78, 5) is 10.9. The number of nitrogens with zero attached hydrogens (tertiary/aromatic N) is 5. The number of rotatable bonds is 3. The predicted octanol–water partition coefficient (Wildman–Crippen LogP) is 0.674. The van der Waals surface area contributed by atoms with Crippen LogP contribution < -0.4 is 5.73 Å². The minimum absolute atomic E-state index is 0.0561. The molecule has 1 aliphatic rings. The van der Waals surface area contributed by atoms with Crippen LogP contribution in [0.5, 0.6) is 0 Å². The number of morpholine rings is 1. The number of hydrogen-bond donors (Lipinski definition) is 1. The van der Waals surface area contributed by atoms with Gasteiger partial charge in [0.1, 0.15) is 17.7 Å². The van der Waals surface area contributed by atoms with E-state index >= 15 is 0 Å². The molecule has 2 aromatic rings. The quantitative estimate of drug-likeness (QED) is 0.894. The Labute approximate surface area is 123 Å². The number of hydrogen-bond acceptors (Lipinski definition) is 6. The van der Waals surface area contributed by atoms with Crippen molar-refractivity contribution in [2.75, 3.05) is 25.4 Å². The van der Waals surface area contributed by atoms with Crippen molar-refractivity contribution in [3.05, 3.63) is 35.5 Å². The summed E-state index contributed by atoms with van der Waals surface area (Å²) in [5.41, 5.74) is 7.86. The number of aryl methyl sites for hydroxylation is 2. The van der Waals surface area contributed by atoms with E-state index in [1.54, 1.807) is 6.07 Å². The third kappa shape index (κ3) is 3.37. The van der Waals surface area contributed by atoms with E-state index < -0.39 is 0 Å². The molecule has 1 aliphatic heterocycles. The van der Waals surface area contributed by atoms with E-state index in [0.717, 1.165) is 25.3 Å². The second kappa shape index (κ2) is 5.79. The molecule has 0 unspecified atom stereocenters. The molecular formula is C14H20N6O. The SMILES string of the molecule is Cc1nc(N)cc([C@@H]2CN(Cc3cnn(C)c3)CCO2)n1. The minimum Gasteiger partial charge on any atom is -0.384 e. The van der Waals surface area contributed by atoms with Gasteiger partial charge in [-0.2, -0.15) is 5.10 Å². The highest BCUT2D eigenvalue weighted by atomic mass is 16.5. The molecule has 1 atom stereocenters. The summed E-state index contributed by atoms with van der Waals surface area (Å²) < 4.78 is 7.66. The Morgan fingerprint density at radius 1 is 1.43 bits per heavy atom. The zero-order valence-corrected chi connectivity index (χ0v) is 12.4. The largest absolute Gasteiger partial charge is 0.384 e. The summed E-state index contributed by atoms with van der Waals surface area (Å²) in [5.74, 6) is 1.17. The first-order valence-corrected chi connectivity index (χ1v) is 7.02. The summed E-state index contributed by atoms with van der Waals surface area (Å²) >= 11 is 0. The summed E-state index contributed by atoms with van der Waals surface area (Å²) in [7, 11) is 1.93. The molecule has 0 spiro atoms. The first-order chi connectivity index (χ1) is 10.1. The lowest BCUT2D eigenvalue weighted by Gasteiger charge is -2.32. The van der Waals surface area contributed by atoms with Gasteiger partial charge in [-0.25, -0.2) is 9.97 Å². The molecule has 7 heteroatoms. The molecular weight excluding hydrogens is 268 g/mol. The normalized spacial score (nSPS) is 19.8. The van der Waals surface area contributed by atoms with Crippen LogP contribution in [-0.4, -0.2) is 44.3 Å². The average molecular weight is 288 g/mol. The Balaban J connectivity index is 1.70. The predicted molar refractivity (Wildman–Crippen MR) is 78.4 cm³/mol. The molecule has 2 N–H and O–H groups in total. The average Bonchev–Trinajstić information content (AvgIpc) is 2.83. The molecule has 3 rings (SSSR count). The van der Waals surface area contributed by atoms with Crippen LogP contribution in [0.2, 0.25) is 0 Å². The third-order valence-corrected chi connectivity index (χ3v) is 3.52. The van der Waals surface area contributed by atoms with Gasteiger partial charge in [0.15, 0.2) is 0 Å². The van der Waals surface area contributed by atoms with Crippen molar-refractivity contribution in [1.82, 2.24) is 24.6 Å². The number of aromatic nitrogens is 4. The van der Waals surface area contributed by atoms with Gasteiger partial charge >= 0.3 is 0 Å². The van der Waals surface area contributed by atoms with Crippen LogP contribution in [-0.2, 0) is 18.3 Å². The van der Waals surface area contributed by atoms with Gasteiger partial charge in [0.25, 0.3) is 0 Å². The second-order valence-corrected chi connectivity index (χ2v) is 5.38. The Morgan fingerprint density at radius 2 is 2.29 bits per heavy atom. The van der Waals surface area contributed by atoms with Crippen LogP contribution in [0, 0.1) is 6.92 Å². The van der Waals surface area contributed by atoms with Crippen molar-refractivity contribution in [2.45, 2.75) is 19.6 Å². The number of anilines is 1. The zero-order valence-electron chi connectivity index (χ0n) is 12.4. The van der Waals surface area contributed by atoms with Crippen molar-refractivity contribution in [2.24, 2.45) is 7.05 Å². The molecule has 0 saturated carbocycles. The van der Waals surface area contributed by atoms with E-state index in [-0.39, 0.29) is 6.10 Å². The molecule has 0 aliphatic carbocycles. The van der Waals surface area contributed by atoms with Crippen LogP contribution in [0.3, 0.4) is 0 Å². The summed E-state index contributed by atoms with van der Waals surface area (Å²) in [6.07, 6.45) is 3.88. The summed E-state index contributed by atoms with van der Waals surface area (Å²) in [6, 6.07) is 1.80. The molecule has 1 saturated heterocycles. The second-order valence-electron chi connectivity index (χ2n) is 5.38. The molecule has 1 fully saturated rings. The fraction of sp³-hybridized carbons (Fsp3) is 0.500. The number of nitrogens with two attached hydrogens (primary N) is 1. The van der Waals surface area contributed by atoms with E-state index in [1.165, 1.54) is 5.56 Å². The fourth-order valence-corrected chi connectivity index (χ4v) is 2.62. The van der Waals surface area contributed by atoms with Gasteiger partial charge in [-0.05, 0) is 6.92 Å². The van der Waals surface area contributed by atoms with E-state index in [4.69, 9.17) is 10.5 Å². The Hall–Kier alpha value is -1.99. The van der Waals surface area contributed by atoms with Gasteiger partial charge in [0.2, 0.25) is 0 Å². The highest BCUT2D eigenvalue weighted by Gasteiger charge is 2.24. The van der Waals surface area contributed by atoms with E-state index in [9.17, 15) is 0 Å². The highest BCUT2D eigenvalue weighted by molar-refractivity contribution is 5.30. The first-order valence-electron chi connectivity index (χ1n) is 7.02. The number of nitrogen functional groups attached to an aromatic ring is 1. The highest BCUT2D eigenvalue weighted by Crippen LogP contribution is 2.22. The third-order valence-electron chi connectivity index (χ3n) is 3.52. The smallest absolute Gasteiger partial charge is 0.128 e. The van der Waals surface area contributed by atoms with Gasteiger partial charge in [0.05, 0.1) is 18.5 Å². The molecule has 0 bridgehead atoms. The van der Waals surface area contributed by atoms with Crippen molar-refractivity contribution in [3.63, 3.8) is 0 Å². The molecule has 21 heavy (non-hydrogen) atoms. The van der Waals surface area contributed by atoms with E-state index in [1.807, 2.05) is 31.0 Å². The zero-order chi connectivity index (χ0) is 14.8. The first kappa shape index (κ1) is 14.0. The topological polar surface area (TPSA) is 82.1 Å². The lowest BCUT2D eigenvalue weighted by Crippen LogP contribution is -2.38. The van der Waals surface area contributed by atoms with Gasteiger partial charge in [0, 0.05) is 44.5 Å². The van der Waals surface area contributed by atoms with E-state index in [2.05, 4.69) is 20.0 Å². The molecule has 2 aromatic heterocycles. The minimum atomic E-state index is -0.0561. The lowest BCUT2D eigenvalue weighted by molar-refractivity contribution is -0.0350. The maximum atomic E-state index is 5.84. The molecule has 3 heterocycles. The van der Waals surface area contributed by atoms with Crippen molar-refractivity contribution in [3.8, 4) is 0 Å².